The minimum atomic E-state index is -0.0832. The van der Waals surface area contributed by atoms with Gasteiger partial charge in [-0.25, -0.2) is 0 Å². The molecular formula is C16H28N4O. The second-order valence-electron chi connectivity index (χ2n) is 5.53. The van der Waals surface area contributed by atoms with Crippen molar-refractivity contribution in [1.29, 1.82) is 0 Å². The van der Waals surface area contributed by atoms with E-state index in [4.69, 9.17) is 5.73 Å². The topological polar surface area (TPSA) is 61.6 Å². The van der Waals surface area contributed by atoms with Gasteiger partial charge in [-0.15, -0.1) is 0 Å². The van der Waals surface area contributed by atoms with Crippen molar-refractivity contribution >= 4 is 17.3 Å². The molecule has 1 unspecified atom stereocenters. The van der Waals surface area contributed by atoms with E-state index in [1.807, 2.05) is 19.1 Å². The predicted octanol–water partition coefficient (Wildman–Crippen LogP) is 1.79. The Hall–Kier alpha value is -1.75. The summed E-state index contributed by atoms with van der Waals surface area (Å²) in [5, 5.41) is 2.79. The van der Waals surface area contributed by atoms with E-state index in [0.29, 0.717) is 23.8 Å². The first-order valence-corrected chi connectivity index (χ1v) is 7.49. The van der Waals surface area contributed by atoms with Crippen LogP contribution in [0.4, 0.5) is 11.4 Å². The van der Waals surface area contributed by atoms with Crippen molar-refractivity contribution in [3.63, 3.8) is 0 Å². The lowest BCUT2D eigenvalue weighted by atomic mass is 10.1. The van der Waals surface area contributed by atoms with E-state index >= 15 is 0 Å². The van der Waals surface area contributed by atoms with Gasteiger partial charge in [0.1, 0.15) is 0 Å². The van der Waals surface area contributed by atoms with Crippen molar-refractivity contribution < 1.29 is 4.79 Å². The third-order valence-corrected chi connectivity index (χ3v) is 3.44. The van der Waals surface area contributed by atoms with Crippen LogP contribution in [0.15, 0.2) is 18.2 Å². The number of nitrogens with zero attached hydrogens (tertiary/aromatic N) is 2. The highest BCUT2D eigenvalue weighted by Gasteiger charge is 2.17. The maximum atomic E-state index is 11.8. The van der Waals surface area contributed by atoms with E-state index < -0.39 is 0 Å². The average Bonchev–Trinajstić information content (AvgIpc) is 2.40. The van der Waals surface area contributed by atoms with Gasteiger partial charge in [-0.3, -0.25) is 4.79 Å². The van der Waals surface area contributed by atoms with Crippen LogP contribution in [0.5, 0.6) is 0 Å². The molecule has 1 rings (SSSR count). The first-order valence-electron chi connectivity index (χ1n) is 7.49. The average molecular weight is 292 g/mol. The van der Waals surface area contributed by atoms with Crippen LogP contribution in [0.25, 0.3) is 0 Å². The Balaban J connectivity index is 2.98. The summed E-state index contributed by atoms with van der Waals surface area (Å²) in [6.07, 6.45) is 0. The molecule has 0 bridgehead atoms. The van der Waals surface area contributed by atoms with E-state index in [0.717, 1.165) is 18.8 Å². The predicted molar refractivity (Wildman–Crippen MR) is 89.9 cm³/mol. The molecule has 0 saturated heterocycles. The normalized spacial score (nSPS) is 12.3. The molecule has 0 radical (unpaired) electrons. The van der Waals surface area contributed by atoms with Crippen LogP contribution in [-0.4, -0.2) is 50.6 Å². The summed E-state index contributed by atoms with van der Waals surface area (Å²) in [7, 11) is 4.12. The van der Waals surface area contributed by atoms with Crippen molar-refractivity contribution in [1.82, 2.24) is 10.2 Å². The summed E-state index contributed by atoms with van der Waals surface area (Å²) >= 11 is 0. The lowest BCUT2D eigenvalue weighted by Crippen LogP contribution is -2.40. The molecule has 3 N–H and O–H groups in total. The summed E-state index contributed by atoms with van der Waals surface area (Å²) in [6.45, 7) is 8.63. The summed E-state index contributed by atoms with van der Waals surface area (Å²) in [4.78, 5) is 16.3. The molecule has 0 spiro atoms. The third-order valence-electron chi connectivity index (χ3n) is 3.44. The van der Waals surface area contributed by atoms with Gasteiger partial charge in [-0.05, 0) is 53.1 Å². The Bertz CT molecular complexity index is 473. The first kappa shape index (κ1) is 17.3. The molecule has 5 heteroatoms. The van der Waals surface area contributed by atoms with E-state index in [1.165, 1.54) is 0 Å². The zero-order chi connectivity index (χ0) is 16.0. The van der Waals surface area contributed by atoms with E-state index in [9.17, 15) is 4.79 Å². The number of amides is 1. The molecule has 1 aromatic carbocycles. The number of rotatable bonds is 7. The van der Waals surface area contributed by atoms with Crippen molar-refractivity contribution in [2.45, 2.75) is 26.8 Å². The van der Waals surface area contributed by atoms with Gasteiger partial charge in [0.05, 0.1) is 11.4 Å². The maximum Gasteiger partial charge on any atom is 0.251 e. The molecule has 1 atom stereocenters. The minimum absolute atomic E-state index is 0.0832. The largest absolute Gasteiger partial charge is 0.397 e. The van der Waals surface area contributed by atoms with Crippen LogP contribution in [0.3, 0.4) is 0 Å². The van der Waals surface area contributed by atoms with Crippen molar-refractivity contribution in [3.05, 3.63) is 23.8 Å². The molecular weight excluding hydrogens is 264 g/mol. The number of hydrogen-bond donors (Lipinski definition) is 2. The van der Waals surface area contributed by atoms with Gasteiger partial charge in [-0.2, -0.15) is 0 Å². The molecule has 0 aliphatic carbocycles. The first-order chi connectivity index (χ1) is 9.90. The van der Waals surface area contributed by atoms with E-state index in [-0.39, 0.29) is 5.91 Å². The highest BCUT2D eigenvalue weighted by atomic mass is 16.1. The fraction of sp³-hybridized carbons (Fsp3) is 0.562. The third kappa shape index (κ3) is 4.63. The smallest absolute Gasteiger partial charge is 0.251 e. The molecule has 0 aromatic heterocycles. The van der Waals surface area contributed by atoms with Gasteiger partial charge in [0.15, 0.2) is 0 Å². The second kappa shape index (κ2) is 7.88. The van der Waals surface area contributed by atoms with Crippen LogP contribution >= 0.6 is 0 Å². The van der Waals surface area contributed by atoms with Gasteiger partial charge >= 0.3 is 0 Å². The number of carbonyl (C=O) groups is 1. The van der Waals surface area contributed by atoms with Crippen molar-refractivity contribution in [2.75, 3.05) is 44.4 Å². The number of nitrogen functional groups attached to an aromatic ring is 1. The van der Waals surface area contributed by atoms with Crippen LogP contribution in [0.2, 0.25) is 0 Å². The highest BCUT2D eigenvalue weighted by Crippen LogP contribution is 2.26. The maximum absolute atomic E-state index is 11.8. The molecule has 118 valence electrons. The summed E-state index contributed by atoms with van der Waals surface area (Å²) in [6, 6.07) is 5.88. The number of carbonyl (C=O) groups excluding carboxylic acids is 1. The fourth-order valence-electron chi connectivity index (χ4n) is 2.57. The number of benzene rings is 1. The van der Waals surface area contributed by atoms with Crippen LogP contribution < -0.4 is 16.0 Å². The van der Waals surface area contributed by atoms with Crippen LogP contribution in [0, 0.1) is 0 Å². The Morgan fingerprint density at radius 3 is 2.48 bits per heavy atom. The van der Waals surface area contributed by atoms with Gasteiger partial charge in [0.2, 0.25) is 0 Å². The highest BCUT2D eigenvalue weighted by molar-refractivity contribution is 5.96. The molecule has 0 aliphatic heterocycles. The number of nitrogens with two attached hydrogens (primary N) is 1. The SMILES string of the molecule is CCNC(=O)c1ccc(N(CC)C(C)CN(C)C)c(N)c1. The lowest BCUT2D eigenvalue weighted by Gasteiger charge is -2.33. The van der Waals surface area contributed by atoms with Crippen molar-refractivity contribution in [3.8, 4) is 0 Å². The van der Waals surface area contributed by atoms with Gasteiger partial charge in [0.25, 0.3) is 5.91 Å². The van der Waals surface area contributed by atoms with E-state index in [1.54, 1.807) is 6.07 Å². The van der Waals surface area contributed by atoms with E-state index in [2.05, 4.69) is 43.1 Å². The molecule has 0 fully saturated rings. The van der Waals surface area contributed by atoms with Crippen molar-refractivity contribution in [2.24, 2.45) is 0 Å². The molecule has 21 heavy (non-hydrogen) atoms. The molecule has 0 heterocycles. The summed E-state index contributed by atoms with van der Waals surface area (Å²) in [5.74, 6) is -0.0832. The fourth-order valence-corrected chi connectivity index (χ4v) is 2.57. The molecule has 0 saturated carbocycles. The lowest BCUT2D eigenvalue weighted by molar-refractivity contribution is 0.0956. The number of nitrogens with one attached hydrogen (secondary N) is 1. The monoisotopic (exact) mass is 292 g/mol. The Morgan fingerprint density at radius 1 is 1.33 bits per heavy atom. The van der Waals surface area contributed by atoms with Crippen LogP contribution in [0.1, 0.15) is 31.1 Å². The van der Waals surface area contributed by atoms with Gasteiger partial charge < -0.3 is 20.9 Å². The number of hydrogen-bond acceptors (Lipinski definition) is 4. The Morgan fingerprint density at radius 2 is 2.00 bits per heavy atom. The molecule has 5 nitrogen and oxygen atoms in total. The zero-order valence-corrected chi connectivity index (χ0v) is 13.8. The summed E-state index contributed by atoms with van der Waals surface area (Å²) < 4.78 is 0. The number of likely N-dealkylation sites (N-methyl/N-ethyl adjacent to an activating group) is 2. The summed E-state index contributed by atoms with van der Waals surface area (Å²) in [5.41, 5.74) is 8.40. The minimum Gasteiger partial charge on any atom is -0.397 e. The molecule has 1 amide bonds. The number of anilines is 2. The van der Waals surface area contributed by atoms with Gasteiger partial charge in [0, 0.05) is 31.2 Å². The van der Waals surface area contributed by atoms with Gasteiger partial charge in [-0.1, -0.05) is 0 Å². The quantitative estimate of drug-likeness (QED) is 0.752. The zero-order valence-electron chi connectivity index (χ0n) is 13.8. The molecule has 0 aliphatic rings. The second-order valence-corrected chi connectivity index (χ2v) is 5.53. The Kier molecular flexibility index (Phi) is 6.49. The Labute approximate surface area is 128 Å². The standard InChI is InChI=1S/C16H28N4O/c1-6-18-16(21)13-8-9-15(14(17)10-13)20(7-2)12(3)11-19(4)5/h8-10,12H,6-7,11,17H2,1-5H3,(H,18,21). The van der Waals surface area contributed by atoms with Crippen LogP contribution in [-0.2, 0) is 0 Å². The molecule has 1 aromatic rings.